The van der Waals surface area contributed by atoms with Crippen LogP contribution in [0.5, 0.6) is 0 Å². The summed E-state index contributed by atoms with van der Waals surface area (Å²) in [5, 5.41) is 0. The quantitative estimate of drug-likeness (QED) is 0.464. The van der Waals surface area contributed by atoms with Gasteiger partial charge in [0.05, 0.1) is 19.3 Å². The van der Waals surface area contributed by atoms with Crippen molar-refractivity contribution in [1.82, 2.24) is 0 Å². The Labute approximate surface area is 70.1 Å². The van der Waals surface area contributed by atoms with Gasteiger partial charge in [0.25, 0.3) is 0 Å². The Morgan fingerprint density at radius 2 is 1.75 bits per heavy atom. The molecule has 0 aliphatic rings. The van der Waals surface area contributed by atoms with Crippen molar-refractivity contribution in [2.24, 2.45) is 0 Å². The molecule has 0 saturated carbocycles. The summed E-state index contributed by atoms with van der Waals surface area (Å²) in [7, 11) is 0. The molecule has 6 heteroatoms. The van der Waals surface area contributed by atoms with E-state index < -0.39 is 13.5 Å². The topological polar surface area (TPSA) is 18.5 Å². The van der Waals surface area contributed by atoms with E-state index in [1.54, 1.807) is 0 Å². The summed E-state index contributed by atoms with van der Waals surface area (Å²) in [6.07, 6.45) is 0.0324. The fourth-order valence-corrected chi connectivity index (χ4v) is 0.560. The molecule has 12 heavy (non-hydrogen) atoms. The van der Waals surface area contributed by atoms with Crippen molar-refractivity contribution >= 4 is 6.98 Å². The molecule has 2 nitrogen and oxygen atoms in total. The highest BCUT2D eigenvalue weighted by Gasteiger charge is 2.22. The molecule has 0 spiro atoms. The number of ether oxygens (including phenoxy) is 2. The Morgan fingerprint density at radius 3 is 2.17 bits per heavy atom. The van der Waals surface area contributed by atoms with E-state index in [4.69, 9.17) is 4.74 Å². The normalized spacial score (nSPS) is 12.5. The average Bonchev–Trinajstić information content (AvgIpc) is 1.83. The molecule has 0 radical (unpaired) electrons. The Bertz CT molecular complexity index is 116. The minimum absolute atomic E-state index is 0.000556. The molecule has 0 unspecified atom stereocenters. The summed E-state index contributed by atoms with van der Waals surface area (Å²) >= 11 is 0. The monoisotopic (exact) mass is 185 g/mol. The lowest BCUT2D eigenvalue weighted by molar-refractivity contribution is 0.0256. The third-order valence-electron chi connectivity index (χ3n) is 0.986. The maximum Gasteiger partial charge on any atom is 0.503 e. The molecule has 0 aromatic carbocycles. The second kappa shape index (κ2) is 5.43. The van der Waals surface area contributed by atoms with Crippen LogP contribution in [0.1, 0.15) is 13.8 Å². The number of hydrogen-bond acceptors (Lipinski definition) is 2. The molecular weight excluding hydrogens is 172 g/mol. The second-order valence-corrected chi connectivity index (χ2v) is 2.70. The molecule has 0 amide bonds. The molecule has 0 N–H and O–H groups in total. The Morgan fingerprint density at radius 1 is 1.17 bits per heavy atom. The van der Waals surface area contributed by atoms with Crippen molar-refractivity contribution in [3.8, 4) is 0 Å². The van der Waals surface area contributed by atoms with E-state index in [2.05, 4.69) is 4.74 Å². The highest BCUT2D eigenvalue weighted by Crippen LogP contribution is 2.07. The van der Waals surface area contributed by atoms with Crippen LogP contribution in [-0.2, 0) is 9.47 Å². The predicted octanol–water partition coefficient (Wildman–Crippen LogP) is 1.81. The Kier molecular flexibility index (Phi) is 5.32. The predicted molar refractivity (Wildman–Crippen MR) is 41.0 cm³/mol. The molecule has 0 atom stereocenters. The van der Waals surface area contributed by atoms with Crippen LogP contribution in [0, 0.1) is 0 Å². The summed E-state index contributed by atoms with van der Waals surface area (Å²) in [4.78, 5) is 0. The SMILES string of the molecule is CC(C)OCCOC[B-](F)(F)F. The molecule has 0 fully saturated rings. The van der Waals surface area contributed by atoms with Gasteiger partial charge in [0, 0.05) is 6.51 Å². The molecule has 0 saturated heterocycles. The van der Waals surface area contributed by atoms with Gasteiger partial charge in [-0.25, -0.2) is 0 Å². The maximum atomic E-state index is 11.5. The van der Waals surface area contributed by atoms with Crippen LogP contribution in [0.15, 0.2) is 0 Å². The lowest BCUT2D eigenvalue weighted by Gasteiger charge is -2.14. The van der Waals surface area contributed by atoms with Crippen LogP contribution in [0.3, 0.4) is 0 Å². The van der Waals surface area contributed by atoms with Gasteiger partial charge >= 0.3 is 6.98 Å². The van der Waals surface area contributed by atoms with Crippen molar-refractivity contribution in [2.75, 3.05) is 19.7 Å². The standard InChI is InChI=1S/C6H13BF3O2/c1-6(2)12-4-3-11-5-7(8,9)10/h6H,3-5H2,1-2H3/q-1. The first-order chi connectivity index (χ1) is 5.42. The molecule has 0 bridgehead atoms. The van der Waals surface area contributed by atoms with Gasteiger partial charge in [0.2, 0.25) is 0 Å². The molecule has 0 heterocycles. The van der Waals surface area contributed by atoms with E-state index in [0.717, 1.165) is 0 Å². The van der Waals surface area contributed by atoms with Crippen molar-refractivity contribution in [2.45, 2.75) is 20.0 Å². The molecule has 0 aromatic rings. The van der Waals surface area contributed by atoms with Gasteiger partial charge in [-0.15, -0.1) is 0 Å². The zero-order valence-electron chi connectivity index (χ0n) is 7.23. The minimum atomic E-state index is -4.81. The van der Waals surface area contributed by atoms with Crippen molar-refractivity contribution < 1.29 is 22.4 Å². The van der Waals surface area contributed by atoms with Gasteiger partial charge in [-0.3, -0.25) is 0 Å². The van der Waals surface area contributed by atoms with E-state index in [1.165, 1.54) is 0 Å². The molecule has 0 aliphatic carbocycles. The second-order valence-electron chi connectivity index (χ2n) is 2.70. The molecule has 0 rings (SSSR count). The summed E-state index contributed by atoms with van der Waals surface area (Å²) < 4.78 is 43.9. The fraction of sp³-hybridized carbons (Fsp3) is 1.00. The third-order valence-corrected chi connectivity index (χ3v) is 0.986. The fourth-order valence-electron chi connectivity index (χ4n) is 0.560. The van der Waals surface area contributed by atoms with E-state index in [9.17, 15) is 12.9 Å². The number of rotatable bonds is 6. The van der Waals surface area contributed by atoms with Gasteiger partial charge in [0.1, 0.15) is 0 Å². The Hall–Kier alpha value is -0.225. The highest BCUT2D eigenvalue weighted by molar-refractivity contribution is 6.58. The number of hydrogen-bond donors (Lipinski definition) is 0. The smallest absolute Gasteiger partial charge is 0.447 e. The zero-order chi connectivity index (χ0) is 9.61. The van der Waals surface area contributed by atoms with Crippen molar-refractivity contribution in [3.05, 3.63) is 0 Å². The summed E-state index contributed by atoms with van der Waals surface area (Å²) in [6, 6.07) is 0. The van der Waals surface area contributed by atoms with E-state index in [0.29, 0.717) is 0 Å². The molecule has 0 aromatic heterocycles. The van der Waals surface area contributed by atoms with Crippen LogP contribution in [0.4, 0.5) is 12.9 Å². The Balaban J connectivity index is 3.12. The summed E-state index contributed by atoms with van der Waals surface area (Å²) in [6.45, 7) is -2.11. The first-order valence-corrected chi connectivity index (χ1v) is 3.82. The van der Waals surface area contributed by atoms with Gasteiger partial charge < -0.3 is 22.4 Å². The van der Waals surface area contributed by atoms with Gasteiger partial charge in [-0.2, -0.15) is 0 Å². The van der Waals surface area contributed by atoms with Crippen LogP contribution in [0.2, 0.25) is 0 Å². The van der Waals surface area contributed by atoms with Gasteiger partial charge in [0.15, 0.2) is 0 Å². The van der Waals surface area contributed by atoms with E-state index in [-0.39, 0.29) is 19.3 Å². The largest absolute Gasteiger partial charge is 0.503 e. The maximum absolute atomic E-state index is 11.5. The zero-order valence-corrected chi connectivity index (χ0v) is 7.23. The molecule has 74 valence electrons. The summed E-state index contributed by atoms with van der Waals surface area (Å²) in [5.41, 5.74) is 0. The van der Waals surface area contributed by atoms with Gasteiger partial charge in [-0.1, -0.05) is 0 Å². The average molecular weight is 185 g/mol. The van der Waals surface area contributed by atoms with E-state index >= 15 is 0 Å². The van der Waals surface area contributed by atoms with Gasteiger partial charge in [-0.05, 0) is 13.8 Å². The molecular formula is C6H13BF3O2-. The minimum Gasteiger partial charge on any atom is -0.447 e. The lowest BCUT2D eigenvalue weighted by Crippen LogP contribution is -2.25. The van der Waals surface area contributed by atoms with Crippen LogP contribution >= 0.6 is 0 Å². The molecule has 0 aliphatic heterocycles. The third kappa shape index (κ3) is 9.77. The number of halogens is 3. The lowest BCUT2D eigenvalue weighted by atomic mass is 9.95. The highest BCUT2D eigenvalue weighted by atomic mass is 19.4. The van der Waals surface area contributed by atoms with E-state index in [1.807, 2.05) is 13.8 Å². The first kappa shape index (κ1) is 11.8. The van der Waals surface area contributed by atoms with Crippen molar-refractivity contribution in [1.29, 1.82) is 0 Å². The van der Waals surface area contributed by atoms with Crippen LogP contribution < -0.4 is 0 Å². The first-order valence-electron chi connectivity index (χ1n) is 3.82. The summed E-state index contributed by atoms with van der Waals surface area (Å²) in [5.74, 6) is 0. The van der Waals surface area contributed by atoms with Crippen LogP contribution in [0.25, 0.3) is 0 Å². The van der Waals surface area contributed by atoms with Crippen LogP contribution in [-0.4, -0.2) is 32.8 Å². The van der Waals surface area contributed by atoms with Crippen molar-refractivity contribution in [3.63, 3.8) is 0 Å².